The van der Waals surface area contributed by atoms with Gasteiger partial charge < -0.3 is 9.64 Å². The van der Waals surface area contributed by atoms with Gasteiger partial charge in [-0.25, -0.2) is 4.79 Å². The number of carbonyl (C=O) groups excluding carboxylic acids is 1. The highest BCUT2D eigenvalue weighted by atomic mass is 16.5. The van der Waals surface area contributed by atoms with Crippen LogP contribution in [0.15, 0.2) is 72.6 Å². The molecule has 0 N–H and O–H groups in total. The number of para-hydroxylation sites is 1. The van der Waals surface area contributed by atoms with Crippen LogP contribution in [0.4, 0.5) is 5.69 Å². The van der Waals surface area contributed by atoms with E-state index >= 15 is 0 Å². The molecule has 1 aliphatic rings. The second-order valence-corrected chi connectivity index (χ2v) is 8.39. The topological polar surface area (TPSA) is 33.4 Å². The van der Waals surface area contributed by atoms with Crippen LogP contribution in [-0.4, -0.2) is 20.1 Å². The van der Waals surface area contributed by atoms with Gasteiger partial charge in [-0.3, -0.25) is 0 Å². The van der Waals surface area contributed by atoms with E-state index in [2.05, 4.69) is 92.0 Å². The number of ether oxygens (including phenoxy) is 1. The van der Waals surface area contributed by atoms with E-state index in [0.29, 0.717) is 5.56 Å². The first-order valence-electron chi connectivity index (χ1n) is 10.6. The SMILES string of the molecule is CC[n+]1ccc(C=CC=C2N(C)c3ccccc3C2(C)C)c2cc(C(=O)OC)ccc21. The number of anilines is 1. The average molecular weight is 414 g/mol. The molecule has 0 unspecified atom stereocenters. The van der Waals surface area contributed by atoms with Crippen molar-refractivity contribution < 1.29 is 14.1 Å². The highest BCUT2D eigenvalue weighted by Crippen LogP contribution is 2.46. The first kappa shape index (κ1) is 20.9. The van der Waals surface area contributed by atoms with Crippen molar-refractivity contribution in [3.63, 3.8) is 0 Å². The molecule has 4 rings (SSSR count). The average Bonchev–Trinajstić information content (AvgIpc) is 2.98. The molecule has 0 bridgehead atoms. The van der Waals surface area contributed by atoms with Gasteiger partial charge in [-0.05, 0) is 42.3 Å². The minimum Gasteiger partial charge on any atom is -0.465 e. The summed E-state index contributed by atoms with van der Waals surface area (Å²) in [6, 6.07) is 16.4. The molecule has 2 heterocycles. The molecule has 4 heteroatoms. The predicted molar refractivity (Wildman–Crippen MR) is 126 cm³/mol. The third-order valence-electron chi connectivity index (χ3n) is 6.28. The largest absolute Gasteiger partial charge is 0.465 e. The number of esters is 1. The van der Waals surface area contributed by atoms with Gasteiger partial charge in [0.2, 0.25) is 5.52 Å². The summed E-state index contributed by atoms with van der Waals surface area (Å²) in [4.78, 5) is 14.3. The Morgan fingerprint density at radius 1 is 1.16 bits per heavy atom. The summed E-state index contributed by atoms with van der Waals surface area (Å²) in [6.07, 6.45) is 8.50. The number of hydrogen-bond acceptors (Lipinski definition) is 3. The number of pyridine rings is 1. The molecule has 0 atom stereocenters. The maximum atomic E-state index is 12.1. The molecular weight excluding hydrogens is 384 g/mol. The van der Waals surface area contributed by atoms with E-state index in [1.165, 1.54) is 24.1 Å². The van der Waals surface area contributed by atoms with Crippen LogP contribution in [0.3, 0.4) is 0 Å². The first-order chi connectivity index (χ1) is 14.9. The molecule has 158 valence electrons. The molecule has 4 nitrogen and oxygen atoms in total. The molecule has 0 aliphatic carbocycles. The van der Waals surface area contributed by atoms with E-state index in [1.54, 1.807) is 0 Å². The van der Waals surface area contributed by atoms with Crippen LogP contribution < -0.4 is 9.47 Å². The number of allylic oxidation sites excluding steroid dienone is 3. The molecule has 0 saturated heterocycles. The lowest BCUT2D eigenvalue weighted by Crippen LogP contribution is -2.32. The Morgan fingerprint density at radius 2 is 1.94 bits per heavy atom. The monoisotopic (exact) mass is 413 g/mol. The van der Waals surface area contributed by atoms with Crippen molar-refractivity contribution in [1.82, 2.24) is 0 Å². The molecule has 31 heavy (non-hydrogen) atoms. The van der Waals surface area contributed by atoms with Gasteiger partial charge in [0.15, 0.2) is 6.20 Å². The van der Waals surface area contributed by atoms with Gasteiger partial charge in [0.25, 0.3) is 0 Å². The Bertz CT molecular complexity index is 1220. The fourth-order valence-electron chi connectivity index (χ4n) is 4.57. The maximum Gasteiger partial charge on any atom is 0.337 e. The summed E-state index contributed by atoms with van der Waals surface area (Å²) < 4.78 is 7.09. The van der Waals surface area contributed by atoms with Crippen LogP contribution in [0, 0.1) is 0 Å². The molecule has 0 radical (unpaired) electrons. The van der Waals surface area contributed by atoms with Gasteiger partial charge >= 0.3 is 5.97 Å². The van der Waals surface area contributed by atoms with E-state index < -0.39 is 0 Å². The van der Waals surface area contributed by atoms with Crippen molar-refractivity contribution in [2.75, 3.05) is 19.1 Å². The van der Waals surface area contributed by atoms with Gasteiger partial charge in [0.1, 0.15) is 6.54 Å². The van der Waals surface area contributed by atoms with Gasteiger partial charge in [-0.15, -0.1) is 0 Å². The molecule has 0 fully saturated rings. The zero-order valence-electron chi connectivity index (χ0n) is 18.8. The third kappa shape index (κ3) is 3.52. The van der Waals surface area contributed by atoms with Crippen molar-refractivity contribution in [3.05, 3.63) is 89.3 Å². The summed E-state index contributed by atoms with van der Waals surface area (Å²) in [6.45, 7) is 7.50. The summed E-state index contributed by atoms with van der Waals surface area (Å²) in [5.41, 5.74) is 6.51. The molecule has 2 aromatic carbocycles. The van der Waals surface area contributed by atoms with Crippen molar-refractivity contribution in [3.8, 4) is 0 Å². The summed E-state index contributed by atoms with van der Waals surface area (Å²) in [7, 11) is 3.53. The second kappa shape index (κ2) is 8.03. The number of nitrogens with zero attached hydrogens (tertiary/aromatic N) is 2. The number of likely N-dealkylation sites (N-methyl/N-ethyl adjacent to an activating group) is 1. The molecule has 1 aliphatic heterocycles. The Morgan fingerprint density at radius 3 is 2.65 bits per heavy atom. The minimum atomic E-state index is -0.321. The first-order valence-corrected chi connectivity index (χ1v) is 10.6. The Kier molecular flexibility index (Phi) is 5.40. The predicted octanol–water partition coefficient (Wildman–Crippen LogP) is 5.26. The lowest BCUT2D eigenvalue weighted by molar-refractivity contribution is -0.667. The summed E-state index contributed by atoms with van der Waals surface area (Å²) >= 11 is 0. The van der Waals surface area contributed by atoms with Gasteiger partial charge in [-0.1, -0.05) is 44.2 Å². The third-order valence-corrected chi connectivity index (χ3v) is 6.28. The molecule has 0 spiro atoms. The molecule has 1 aromatic heterocycles. The van der Waals surface area contributed by atoms with Crippen LogP contribution in [0.2, 0.25) is 0 Å². The number of aryl methyl sites for hydroxylation is 1. The number of benzene rings is 2. The molecule has 3 aromatic rings. The van der Waals surface area contributed by atoms with Crippen LogP contribution >= 0.6 is 0 Å². The van der Waals surface area contributed by atoms with Crippen LogP contribution in [0.25, 0.3) is 17.0 Å². The number of rotatable bonds is 4. The normalized spacial score (nSPS) is 16.3. The highest BCUT2D eigenvalue weighted by Gasteiger charge is 2.37. The zero-order valence-corrected chi connectivity index (χ0v) is 18.8. The number of methoxy groups -OCH3 is 1. The van der Waals surface area contributed by atoms with Gasteiger partial charge in [0.05, 0.1) is 18.1 Å². The fraction of sp³-hybridized carbons (Fsp3) is 0.259. The smallest absolute Gasteiger partial charge is 0.337 e. The van der Waals surface area contributed by atoms with Crippen LogP contribution in [0.1, 0.15) is 42.3 Å². The number of fused-ring (bicyclic) bond motifs is 2. The quantitative estimate of drug-likeness (QED) is 0.432. The van der Waals surface area contributed by atoms with Crippen molar-refractivity contribution >= 4 is 28.6 Å². The number of aromatic nitrogens is 1. The van der Waals surface area contributed by atoms with E-state index in [4.69, 9.17) is 4.74 Å². The number of hydrogen-bond donors (Lipinski definition) is 0. The Balaban J connectivity index is 1.76. The van der Waals surface area contributed by atoms with Crippen LogP contribution in [-0.2, 0) is 16.7 Å². The van der Waals surface area contributed by atoms with Crippen molar-refractivity contribution in [2.24, 2.45) is 0 Å². The maximum absolute atomic E-state index is 12.1. The molecule has 0 amide bonds. The van der Waals surface area contributed by atoms with E-state index in [1.807, 2.05) is 18.2 Å². The van der Waals surface area contributed by atoms with E-state index in [9.17, 15) is 4.79 Å². The molecule has 0 saturated carbocycles. The van der Waals surface area contributed by atoms with Gasteiger partial charge in [-0.2, -0.15) is 4.57 Å². The minimum absolute atomic E-state index is 0.0578. The number of carbonyl (C=O) groups is 1. The van der Waals surface area contributed by atoms with E-state index in [0.717, 1.165) is 23.0 Å². The van der Waals surface area contributed by atoms with Gasteiger partial charge in [0, 0.05) is 36.0 Å². The van der Waals surface area contributed by atoms with Crippen LogP contribution in [0.5, 0.6) is 0 Å². The highest BCUT2D eigenvalue weighted by molar-refractivity contribution is 5.96. The molecular formula is C27H29N2O2+. The second-order valence-electron chi connectivity index (χ2n) is 8.39. The summed E-state index contributed by atoms with van der Waals surface area (Å²) in [5, 5.41) is 1.03. The Labute approximate surface area is 184 Å². The fourth-order valence-corrected chi connectivity index (χ4v) is 4.57. The Hall–Kier alpha value is -3.40. The van der Waals surface area contributed by atoms with Crippen molar-refractivity contribution in [1.29, 1.82) is 0 Å². The summed E-state index contributed by atoms with van der Waals surface area (Å²) in [5.74, 6) is -0.321. The lowest BCUT2D eigenvalue weighted by Gasteiger charge is -2.23. The standard InChI is InChI=1S/C27H29N2O2/c1-6-29-17-16-19(21-18-20(26(30)31-5)14-15-23(21)29)10-9-13-25-27(2,3)22-11-7-8-12-24(22)28(25)4/h7-18H,6H2,1-5H3/q+1. The van der Waals surface area contributed by atoms with E-state index in [-0.39, 0.29) is 11.4 Å². The lowest BCUT2D eigenvalue weighted by atomic mass is 9.84. The van der Waals surface area contributed by atoms with Crippen molar-refractivity contribution in [2.45, 2.75) is 32.7 Å². The zero-order chi connectivity index (χ0) is 22.2.